The first-order chi connectivity index (χ1) is 8.47. The maximum absolute atomic E-state index is 13.7. The van der Waals surface area contributed by atoms with E-state index in [2.05, 4.69) is 21.2 Å². The SMILES string of the molecule is CCC(Br)CCNC(=O)c1c(F)ccc(C)c1F. The lowest BCUT2D eigenvalue weighted by molar-refractivity contribution is 0.0944. The Balaban J connectivity index is 2.70. The average molecular weight is 320 g/mol. The zero-order valence-corrected chi connectivity index (χ0v) is 12.0. The molecule has 0 heterocycles. The molecule has 0 fully saturated rings. The fourth-order valence-electron chi connectivity index (χ4n) is 1.50. The van der Waals surface area contributed by atoms with Gasteiger partial charge in [0.05, 0.1) is 0 Å². The van der Waals surface area contributed by atoms with E-state index in [1.807, 2.05) is 6.92 Å². The Morgan fingerprint density at radius 2 is 2.11 bits per heavy atom. The molecule has 0 saturated carbocycles. The highest BCUT2D eigenvalue weighted by Gasteiger charge is 2.18. The molecule has 0 saturated heterocycles. The van der Waals surface area contributed by atoms with Crippen LogP contribution in [0, 0.1) is 18.6 Å². The number of benzene rings is 1. The molecular weight excluding hydrogens is 304 g/mol. The Kier molecular flexibility index (Phi) is 5.72. The lowest BCUT2D eigenvalue weighted by Crippen LogP contribution is -2.28. The minimum absolute atomic E-state index is 0.258. The van der Waals surface area contributed by atoms with Crippen LogP contribution in [0.4, 0.5) is 8.78 Å². The number of rotatable bonds is 5. The fourth-order valence-corrected chi connectivity index (χ4v) is 1.73. The summed E-state index contributed by atoms with van der Waals surface area (Å²) < 4.78 is 27.1. The maximum atomic E-state index is 13.7. The van der Waals surface area contributed by atoms with Crippen molar-refractivity contribution in [3.8, 4) is 0 Å². The van der Waals surface area contributed by atoms with Crippen LogP contribution in [0.5, 0.6) is 0 Å². The van der Waals surface area contributed by atoms with Crippen LogP contribution in [-0.2, 0) is 0 Å². The van der Waals surface area contributed by atoms with Crippen molar-refractivity contribution in [1.82, 2.24) is 5.32 Å². The van der Waals surface area contributed by atoms with Gasteiger partial charge in [-0.25, -0.2) is 8.78 Å². The Morgan fingerprint density at radius 3 is 2.72 bits per heavy atom. The lowest BCUT2D eigenvalue weighted by Gasteiger charge is -2.10. The van der Waals surface area contributed by atoms with Crippen molar-refractivity contribution in [3.05, 3.63) is 34.9 Å². The summed E-state index contributed by atoms with van der Waals surface area (Å²) in [5.74, 6) is -2.33. The molecule has 0 aliphatic rings. The average Bonchev–Trinajstić information content (AvgIpc) is 2.34. The molecule has 0 aromatic heterocycles. The van der Waals surface area contributed by atoms with Gasteiger partial charge in [0.2, 0.25) is 0 Å². The highest BCUT2D eigenvalue weighted by Crippen LogP contribution is 2.16. The van der Waals surface area contributed by atoms with Gasteiger partial charge in [-0.3, -0.25) is 4.79 Å². The Hall–Kier alpha value is -0.970. The Morgan fingerprint density at radius 1 is 1.44 bits per heavy atom. The van der Waals surface area contributed by atoms with E-state index in [9.17, 15) is 13.6 Å². The summed E-state index contributed by atoms with van der Waals surface area (Å²) in [7, 11) is 0. The summed E-state index contributed by atoms with van der Waals surface area (Å²) in [5.41, 5.74) is -0.244. The van der Waals surface area contributed by atoms with Gasteiger partial charge in [-0.2, -0.15) is 0 Å². The van der Waals surface area contributed by atoms with E-state index >= 15 is 0 Å². The minimum Gasteiger partial charge on any atom is -0.352 e. The second-order valence-corrected chi connectivity index (χ2v) is 5.40. The van der Waals surface area contributed by atoms with Gasteiger partial charge in [-0.05, 0) is 31.4 Å². The molecule has 0 aliphatic heterocycles. The molecule has 0 radical (unpaired) electrons. The number of halogens is 3. The number of alkyl halides is 1. The van der Waals surface area contributed by atoms with E-state index in [1.54, 1.807) is 0 Å². The highest BCUT2D eigenvalue weighted by molar-refractivity contribution is 9.09. The highest BCUT2D eigenvalue weighted by atomic mass is 79.9. The van der Waals surface area contributed by atoms with Crippen LogP contribution >= 0.6 is 15.9 Å². The van der Waals surface area contributed by atoms with Gasteiger partial charge in [-0.15, -0.1) is 0 Å². The van der Waals surface area contributed by atoms with Crippen molar-refractivity contribution in [3.63, 3.8) is 0 Å². The molecule has 1 aromatic carbocycles. The van der Waals surface area contributed by atoms with Crippen LogP contribution in [0.3, 0.4) is 0 Å². The normalized spacial score (nSPS) is 12.3. The first kappa shape index (κ1) is 15.1. The molecule has 1 N–H and O–H groups in total. The van der Waals surface area contributed by atoms with Crippen molar-refractivity contribution >= 4 is 21.8 Å². The number of carbonyl (C=O) groups is 1. The van der Waals surface area contributed by atoms with Gasteiger partial charge in [0, 0.05) is 11.4 Å². The van der Waals surface area contributed by atoms with Crippen molar-refractivity contribution < 1.29 is 13.6 Å². The van der Waals surface area contributed by atoms with Crippen LogP contribution in [0.25, 0.3) is 0 Å². The van der Waals surface area contributed by atoms with Gasteiger partial charge >= 0.3 is 0 Å². The first-order valence-corrected chi connectivity index (χ1v) is 6.75. The predicted molar refractivity (Wildman–Crippen MR) is 71.1 cm³/mol. The first-order valence-electron chi connectivity index (χ1n) is 5.84. The second-order valence-electron chi connectivity index (χ2n) is 4.10. The van der Waals surface area contributed by atoms with E-state index in [-0.39, 0.29) is 5.56 Å². The molecule has 5 heteroatoms. The molecule has 18 heavy (non-hydrogen) atoms. The minimum atomic E-state index is -0.832. The van der Waals surface area contributed by atoms with E-state index in [0.717, 1.165) is 18.9 Å². The van der Waals surface area contributed by atoms with Gasteiger partial charge in [0.25, 0.3) is 5.91 Å². The maximum Gasteiger partial charge on any atom is 0.257 e. The van der Waals surface area contributed by atoms with Gasteiger partial charge in [0.15, 0.2) is 0 Å². The summed E-state index contributed by atoms with van der Waals surface area (Å²) in [4.78, 5) is 12.0. The largest absolute Gasteiger partial charge is 0.352 e. The van der Waals surface area contributed by atoms with E-state index in [1.165, 1.54) is 13.0 Å². The molecule has 1 rings (SSSR count). The number of hydrogen-bond donors (Lipinski definition) is 1. The third-order valence-corrected chi connectivity index (χ3v) is 3.80. The number of aryl methyl sites for hydroxylation is 1. The van der Waals surface area contributed by atoms with Gasteiger partial charge < -0.3 is 5.32 Å². The summed E-state index contributed by atoms with van der Waals surface area (Å²) >= 11 is 3.42. The molecule has 2 nitrogen and oxygen atoms in total. The standard InChI is InChI=1S/C13H16BrF2NO/c1-3-9(14)6-7-17-13(18)11-10(15)5-4-8(2)12(11)16/h4-5,9H,3,6-7H2,1-2H3,(H,17,18). The zero-order valence-electron chi connectivity index (χ0n) is 10.4. The molecule has 0 bridgehead atoms. The van der Waals surface area contributed by atoms with E-state index < -0.39 is 23.1 Å². The van der Waals surface area contributed by atoms with Crippen molar-refractivity contribution in [2.45, 2.75) is 31.5 Å². The van der Waals surface area contributed by atoms with Crippen LogP contribution in [0.15, 0.2) is 12.1 Å². The van der Waals surface area contributed by atoms with Crippen LogP contribution in [0.1, 0.15) is 35.7 Å². The van der Waals surface area contributed by atoms with Crippen LogP contribution in [0.2, 0.25) is 0 Å². The number of hydrogen-bond acceptors (Lipinski definition) is 1. The van der Waals surface area contributed by atoms with E-state index in [0.29, 0.717) is 11.4 Å². The van der Waals surface area contributed by atoms with Crippen molar-refractivity contribution in [2.24, 2.45) is 0 Å². The quantitative estimate of drug-likeness (QED) is 0.826. The summed E-state index contributed by atoms with van der Waals surface area (Å²) in [6.45, 7) is 3.90. The lowest BCUT2D eigenvalue weighted by atomic mass is 10.1. The van der Waals surface area contributed by atoms with Gasteiger partial charge in [-0.1, -0.05) is 28.9 Å². The summed E-state index contributed by atoms with van der Waals surface area (Å²) in [6.07, 6.45) is 1.65. The van der Waals surface area contributed by atoms with Crippen molar-refractivity contribution in [2.75, 3.05) is 6.54 Å². The third-order valence-electron chi connectivity index (χ3n) is 2.70. The van der Waals surface area contributed by atoms with Gasteiger partial charge in [0.1, 0.15) is 17.2 Å². The molecule has 1 unspecified atom stereocenters. The molecular formula is C13H16BrF2NO. The molecule has 1 aromatic rings. The smallest absolute Gasteiger partial charge is 0.257 e. The van der Waals surface area contributed by atoms with Crippen molar-refractivity contribution in [1.29, 1.82) is 0 Å². The summed E-state index contributed by atoms with van der Waals surface area (Å²) in [6, 6.07) is 2.42. The second kappa shape index (κ2) is 6.83. The Bertz CT molecular complexity index is 437. The Labute approximate surface area is 114 Å². The molecule has 0 spiro atoms. The fraction of sp³-hybridized carbons (Fsp3) is 0.462. The molecule has 1 amide bonds. The predicted octanol–water partition coefficient (Wildman–Crippen LogP) is 3.57. The number of nitrogens with one attached hydrogen (secondary N) is 1. The van der Waals surface area contributed by atoms with E-state index in [4.69, 9.17) is 0 Å². The van der Waals surface area contributed by atoms with Crippen LogP contribution in [-0.4, -0.2) is 17.3 Å². The zero-order chi connectivity index (χ0) is 13.7. The third kappa shape index (κ3) is 3.77. The molecule has 100 valence electrons. The number of carbonyl (C=O) groups excluding carboxylic acids is 1. The topological polar surface area (TPSA) is 29.1 Å². The molecule has 1 atom stereocenters. The van der Waals surface area contributed by atoms with Crippen LogP contribution < -0.4 is 5.32 Å². The monoisotopic (exact) mass is 319 g/mol. The number of amides is 1. The summed E-state index contributed by atoms with van der Waals surface area (Å²) in [5, 5.41) is 2.52. The molecule has 0 aliphatic carbocycles.